The lowest BCUT2D eigenvalue weighted by atomic mass is 10.2. The monoisotopic (exact) mass is 503 g/mol. The number of phenols is 1. The lowest BCUT2D eigenvalue weighted by molar-refractivity contribution is 0.252. The zero-order chi connectivity index (χ0) is 17.7. The maximum atomic E-state index is 11.8. The lowest BCUT2D eigenvalue weighted by Crippen LogP contribution is -2.24. The van der Waals surface area contributed by atoms with Gasteiger partial charge in [0.2, 0.25) is 0 Å². The van der Waals surface area contributed by atoms with Gasteiger partial charge < -0.3 is 15.2 Å². The van der Waals surface area contributed by atoms with Crippen molar-refractivity contribution >= 4 is 56.5 Å². The van der Waals surface area contributed by atoms with E-state index in [-0.39, 0.29) is 5.75 Å². The number of benzene rings is 2. The Hall–Kier alpha value is -1.81. The first kappa shape index (κ1) is 18.5. The second-order valence-corrected chi connectivity index (χ2v) is 6.86. The molecule has 8 heteroatoms. The number of anilines is 1. The number of hydrogen-bond acceptors (Lipinski definition) is 4. The Morgan fingerprint density at radius 2 is 2.12 bits per heavy atom. The number of aryl methyl sites for hydroxylation is 1. The topological polar surface area (TPSA) is 83.0 Å². The first-order valence-corrected chi connectivity index (χ1v) is 8.70. The lowest BCUT2D eigenvalue weighted by Gasteiger charge is -2.07. The van der Waals surface area contributed by atoms with Crippen molar-refractivity contribution in [2.24, 2.45) is 5.10 Å². The van der Waals surface area contributed by atoms with Crippen molar-refractivity contribution in [3.05, 3.63) is 49.5 Å². The molecular weight excluding hydrogens is 489 g/mol. The fourth-order valence-corrected chi connectivity index (χ4v) is 2.74. The van der Waals surface area contributed by atoms with Gasteiger partial charge in [0.15, 0.2) is 11.5 Å². The molecule has 2 aromatic rings. The van der Waals surface area contributed by atoms with Crippen LogP contribution < -0.4 is 15.5 Å². The Bertz CT molecular complexity index is 796. The molecule has 0 unspecified atom stereocenters. The minimum atomic E-state index is -0.451. The van der Waals surface area contributed by atoms with E-state index in [1.807, 2.05) is 41.6 Å². The summed E-state index contributed by atoms with van der Waals surface area (Å²) in [6, 6.07) is 8.39. The van der Waals surface area contributed by atoms with Crippen molar-refractivity contribution in [2.75, 3.05) is 12.4 Å². The number of hydrogen-bond donors (Lipinski definition) is 3. The van der Waals surface area contributed by atoms with Crippen LogP contribution in [0.5, 0.6) is 11.5 Å². The highest BCUT2D eigenvalue weighted by Crippen LogP contribution is 2.31. The highest BCUT2D eigenvalue weighted by molar-refractivity contribution is 14.1. The fraction of sp³-hybridized carbons (Fsp3) is 0.125. The van der Waals surface area contributed by atoms with Gasteiger partial charge in [-0.25, -0.2) is 10.2 Å². The Balaban J connectivity index is 1.99. The number of aromatic hydroxyl groups is 1. The van der Waals surface area contributed by atoms with E-state index in [2.05, 4.69) is 31.8 Å². The SMILES string of the molecule is COc1cc(/C=N/NC(=O)Nc2ccc(Br)c(C)c2)cc(I)c1O. The quantitative estimate of drug-likeness (QED) is 0.331. The van der Waals surface area contributed by atoms with Crippen molar-refractivity contribution in [3.8, 4) is 11.5 Å². The van der Waals surface area contributed by atoms with E-state index in [4.69, 9.17) is 4.74 Å². The van der Waals surface area contributed by atoms with Crippen LogP contribution in [0.3, 0.4) is 0 Å². The van der Waals surface area contributed by atoms with Crippen molar-refractivity contribution < 1.29 is 14.6 Å². The highest BCUT2D eigenvalue weighted by Gasteiger charge is 2.07. The number of carbonyl (C=O) groups excluding carboxylic acids is 1. The van der Waals surface area contributed by atoms with E-state index < -0.39 is 6.03 Å². The predicted octanol–water partition coefficient (Wildman–Crippen LogP) is 4.23. The predicted molar refractivity (Wildman–Crippen MR) is 106 cm³/mol. The molecule has 126 valence electrons. The minimum absolute atomic E-state index is 0.0755. The van der Waals surface area contributed by atoms with E-state index in [9.17, 15) is 9.90 Å². The number of halogens is 2. The van der Waals surface area contributed by atoms with Gasteiger partial charge in [-0.2, -0.15) is 5.10 Å². The molecule has 3 N–H and O–H groups in total. The summed E-state index contributed by atoms with van der Waals surface area (Å²) < 4.78 is 6.68. The number of methoxy groups -OCH3 is 1. The number of urea groups is 1. The molecule has 0 saturated carbocycles. The molecule has 2 rings (SSSR count). The molecule has 0 aliphatic carbocycles. The van der Waals surface area contributed by atoms with Gasteiger partial charge in [-0.15, -0.1) is 0 Å². The summed E-state index contributed by atoms with van der Waals surface area (Å²) in [6.45, 7) is 1.94. The molecule has 0 aromatic heterocycles. The zero-order valence-electron chi connectivity index (χ0n) is 12.9. The summed E-state index contributed by atoms with van der Waals surface area (Å²) >= 11 is 5.40. The van der Waals surface area contributed by atoms with Gasteiger partial charge in [-0.1, -0.05) is 15.9 Å². The van der Waals surface area contributed by atoms with Gasteiger partial charge in [-0.3, -0.25) is 0 Å². The number of hydrazone groups is 1. The molecule has 0 bridgehead atoms. The maximum Gasteiger partial charge on any atom is 0.339 e. The summed E-state index contributed by atoms with van der Waals surface area (Å²) in [7, 11) is 1.47. The van der Waals surface area contributed by atoms with Gasteiger partial charge in [0.05, 0.1) is 16.9 Å². The van der Waals surface area contributed by atoms with Crippen LogP contribution in [0.2, 0.25) is 0 Å². The fourth-order valence-electron chi connectivity index (χ4n) is 1.87. The summed E-state index contributed by atoms with van der Waals surface area (Å²) in [5.41, 5.74) is 4.76. The zero-order valence-corrected chi connectivity index (χ0v) is 16.7. The van der Waals surface area contributed by atoms with Crippen LogP contribution in [-0.4, -0.2) is 24.5 Å². The van der Waals surface area contributed by atoms with Crippen LogP contribution in [-0.2, 0) is 0 Å². The van der Waals surface area contributed by atoms with Crippen molar-refractivity contribution in [2.45, 2.75) is 6.92 Å². The average Bonchev–Trinajstić information content (AvgIpc) is 2.54. The molecule has 0 atom stereocenters. The molecule has 2 aromatic carbocycles. The van der Waals surface area contributed by atoms with E-state index in [1.165, 1.54) is 13.3 Å². The Kier molecular flexibility index (Phi) is 6.44. The van der Waals surface area contributed by atoms with Crippen molar-refractivity contribution in [3.63, 3.8) is 0 Å². The van der Waals surface area contributed by atoms with Crippen LogP contribution in [0.4, 0.5) is 10.5 Å². The number of nitrogens with one attached hydrogen (secondary N) is 2. The van der Waals surface area contributed by atoms with Crippen LogP contribution >= 0.6 is 38.5 Å². The molecular formula is C16H15BrIN3O3. The number of phenolic OH excluding ortho intramolecular Hbond substituents is 1. The molecule has 6 nitrogen and oxygen atoms in total. The number of ether oxygens (including phenoxy) is 1. The second kappa shape index (κ2) is 8.34. The largest absolute Gasteiger partial charge is 0.504 e. The molecule has 2 amide bonds. The van der Waals surface area contributed by atoms with Crippen molar-refractivity contribution in [1.82, 2.24) is 5.43 Å². The summed E-state index contributed by atoms with van der Waals surface area (Å²) in [6.07, 6.45) is 1.47. The third-order valence-corrected chi connectivity index (χ3v) is 4.78. The summed E-state index contributed by atoms with van der Waals surface area (Å²) in [5.74, 6) is 0.421. The maximum absolute atomic E-state index is 11.8. The standard InChI is InChI=1S/C16H15BrIN3O3/c1-9-5-11(3-4-12(9)17)20-16(23)21-19-8-10-6-13(18)15(22)14(7-10)24-2/h3-8,22H,1-2H3,(H2,20,21,23)/b19-8+. The smallest absolute Gasteiger partial charge is 0.339 e. The van der Waals surface area contributed by atoms with Gasteiger partial charge in [0.25, 0.3) is 0 Å². The average molecular weight is 504 g/mol. The van der Waals surface area contributed by atoms with Crippen LogP contribution in [0.15, 0.2) is 39.9 Å². The van der Waals surface area contributed by atoms with Crippen LogP contribution in [0.25, 0.3) is 0 Å². The molecule has 0 spiro atoms. The van der Waals surface area contributed by atoms with Gasteiger partial charge in [0, 0.05) is 10.2 Å². The Morgan fingerprint density at radius 3 is 2.79 bits per heavy atom. The first-order chi connectivity index (χ1) is 11.4. The highest BCUT2D eigenvalue weighted by atomic mass is 127. The molecule has 0 aliphatic heterocycles. The van der Waals surface area contributed by atoms with E-state index in [1.54, 1.807) is 18.2 Å². The third-order valence-electron chi connectivity index (χ3n) is 3.07. The number of carbonyl (C=O) groups is 1. The third kappa shape index (κ3) is 4.84. The van der Waals surface area contributed by atoms with Gasteiger partial charge in [0.1, 0.15) is 0 Å². The van der Waals surface area contributed by atoms with E-state index in [0.717, 1.165) is 10.0 Å². The van der Waals surface area contributed by atoms with Crippen LogP contribution in [0, 0.1) is 10.5 Å². The van der Waals surface area contributed by atoms with Crippen molar-refractivity contribution in [1.29, 1.82) is 0 Å². The Morgan fingerprint density at radius 1 is 1.38 bits per heavy atom. The molecule has 0 fully saturated rings. The second-order valence-electron chi connectivity index (χ2n) is 4.84. The Labute approximate surface area is 161 Å². The normalized spacial score (nSPS) is 10.7. The number of rotatable bonds is 4. The molecule has 0 saturated heterocycles. The molecule has 0 radical (unpaired) electrons. The molecule has 0 heterocycles. The van der Waals surface area contributed by atoms with Gasteiger partial charge >= 0.3 is 6.03 Å². The van der Waals surface area contributed by atoms with E-state index >= 15 is 0 Å². The first-order valence-electron chi connectivity index (χ1n) is 6.83. The summed E-state index contributed by atoms with van der Waals surface area (Å²) in [5, 5.41) is 16.4. The minimum Gasteiger partial charge on any atom is -0.504 e. The van der Waals surface area contributed by atoms with Gasteiger partial charge in [-0.05, 0) is 71.0 Å². The summed E-state index contributed by atoms with van der Waals surface area (Å²) in [4.78, 5) is 11.8. The molecule has 0 aliphatic rings. The number of nitrogens with zero attached hydrogens (tertiary/aromatic N) is 1. The molecule has 24 heavy (non-hydrogen) atoms. The number of amides is 2. The van der Waals surface area contributed by atoms with Crippen LogP contribution in [0.1, 0.15) is 11.1 Å². The van der Waals surface area contributed by atoms with E-state index in [0.29, 0.717) is 20.6 Å².